The third-order valence-electron chi connectivity index (χ3n) is 2.87. The SMILES string of the molecule is CSc1ccc(B2Oc3ccccc3O2)c(Cl)c1Cl. The molecule has 0 unspecified atom stereocenters. The number of hydrogen-bond acceptors (Lipinski definition) is 3. The van der Waals surface area contributed by atoms with Gasteiger partial charge in [0.25, 0.3) is 0 Å². The first-order valence-corrected chi connectivity index (χ1v) is 7.63. The maximum Gasteiger partial charge on any atom is 0.634 e. The first kappa shape index (κ1) is 13.0. The number of fused-ring (bicyclic) bond motifs is 1. The second kappa shape index (κ2) is 5.20. The zero-order chi connectivity index (χ0) is 13.4. The van der Waals surface area contributed by atoms with E-state index in [0.29, 0.717) is 21.5 Å². The summed E-state index contributed by atoms with van der Waals surface area (Å²) in [7, 11) is -0.543. The van der Waals surface area contributed by atoms with E-state index in [1.54, 1.807) is 11.8 Å². The molecule has 6 heteroatoms. The molecule has 2 aromatic carbocycles. The molecule has 0 saturated carbocycles. The van der Waals surface area contributed by atoms with Gasteiger partial charge in [-0.05, 0) is 24.5 Å². The van der Waals surface area contributed by atoms with Crippen molar-refractivity contribution in [3.05, 3.63) is 46.4 Å². The number of para-hydroxylation sites is 2. The molecule has 19 heavy (non-hydrogen) atoms. The van der Waals surface area contributed by atoms with Crippen LogP contribution in [0.1, 0.15) is 0 Å². The molecule has 0 saturated heterocycles. The van der Waals surface area contributed by atoms with E-state index in [-0.39, 0.29) is 0 Å². The Morgan fingerprint density at radius 2 is 1.58 bits per heavy atom. The van der Waals surface area contributed by atoms with Gasteiger partial charge in [0, 0.05) is 10.4 Å². The summed E-state index contributed by atoms with van der Waals surface area (Å²) in [6, 6.07) is 11.3. The fourth-order valence-corrected chi connectivity index (χ4v) is 3.11. The van der Waals surface area contributed by atoms with Crippen molar-refractivity contribution < 1.29 is 9.31 Å². The highest BCUT2D eigenvalue weighted by atomic mass is 35.5. The minimum atomic E-state index is -0.543. The summed E-state index contributed by atoms with van der Waals surface area (Å²) in [5.74, 6) is 1.43. The monoisotopic (exact) mass is 310 g/mol. The van der Waals surface area contributed by atoms with Gasteiger partial charge in [0.1, 0.15) is 11.5 Å². The predicted octanol–water partition coefficient (Wildman–Crippen LogP) is 3.88. The van der Waals surface area contributed by atoms with Gasteiger partial charge in [-0.25, -0.2) is 0 Å². The molecule has 0 aromatic heterocycles. The van der Waals surface area contributed by atoms with Crippen molar-refractivity contribution >= 4 is 47.5 Å². The highest BCUT2D eigenvalue weighted by Gasteiger charge is 2.36. The summed E-state index contributed by atoms with van der Waals surface area (Å²) >= 11 is 14.1. The normalized spacial score (nSPS) is 12.9. The second-order valence-electron chi connectivity index (χ2n) is 4.00. The van der Waals surface area contributed by atoms with Crippen molar-refractivity contribution in [1.82, 2.24) is 0 Å². The van der Waals surface area contributed by atoms with Gasteiger partial charge < -0.3 is 9.31 Å². The van der Waals surface area contributed by atoms with Crippen LogP contribution in [0, 0.1) is 0 Å². The average Bonchev–Trinajstić information content (AvgIpc) is 2.85. The van der Waals surface area contributed by atoms with Crippen LogP contribution in [-0.4, -0.2) is 13.4 Å². The van der Waals surface area contributed by atoms with Crippen LogP contribution in [0.25, 0.3) is 0 Å². The minimum absolute atomic E-state index is 0.478. The van der Waals surface area contributed by atoms with E-state index in [1.807, 2.05) is 42.7 Å². The number of rotatable bonds is 2. The van der Waals surface area contributed by atoms with Gasteiger partial charge in [0.2, 0.25) is 0 Å². The molecule has 0 N–H and O–H groups in total. The van der Waals surface area contributed by atoms with Gasteiger partial charge in [0.15, 0.2) is 0 Å². The van der Waals surface area contributed by atoms with Crippen LogP contribution < -0.4 is 14.8 Å². The Kier molecular flexibility index (Phi) is 3.57. The molecule has 0 aliphatic carbocycles. The van der Waals surface area contributed by atoms with E-state index in [9.17, 15) is 0 Å². The standard InChI is InChI=1S/C13H9BCl2O2S/c1-19-11-7-6-8(12(15)13(11)16)14-17-9-4-2-3-5-10(9)18-14/h2-7H,1H3. The lowest BCUT2D eigenvalue weighted by Gasteiger charge is -2.10. The fraction of sp³-hybridized carbons (Fsp3) is 0.0769. The molecule has 1 aliphatic rings. The fourth-order valence-electron chi connectivity index (χ4n) is 1.91. The molecule has 1 heterocycles. The maximum atomic E-state index is 6.29. The Morgan fingerprint density at radius 1 is 0.947 bits per heavy atom. The number of thioether (sulfide) groups is 1. The van der Waals surface area contributed by atoms with Crippen LogP contribution in [0.2, 0.25) is 10.0 Å². The van der Waals surface area contributed by atoms with Gasteiger partial charge in [-0.2, -0.15) is 0 Å². The first-order valence-electron chi connectivity index (χ1n) is 5.65. The maximum absolute atomic E-state index is 6.29. The molecular weight excluding hydrogens is 302 g/mol. The summed E-state index contributed by atoms with van der Waals surface area (Å²) < 4.78 is 11.5. The summed E-state index contributed by atoms with van der Waals surface area (Å²) in [6.07, 6.45) is 1.95. The molecule has 3 rings (SSSR count). The average molecular weight is 311 g/mol. The molecule has 2 aromatic rings. The lowest BCUT2D eigenvalue weighted by Crippen LogP contribution is -2.39. The minimum Gasteiger partial charge on any atom is -0.519 e. The summed E-state index contributed by atoms with van der Waals surface area (Å²) in [4.78, 5) is 0.936. The van der Waals surface area contributed by atoms with Crippen LogP contribution in [-0.2, 0) is 0 Å². The Morgan fingerprint density at radius 3 is 2.16 bits per heavy atom. The van der Waals surface area contributed by atoms with Crippen LogP contribution >= 0.6 is 35.0 Å². The van der Waals surface area contributed by atoms with E-state index in [0.717, 1.165) is 10.4 Å². The molecule has 1 aliphatic heterocycles. The Labute approximate surface area is 126 Å². The van der Waals surface area contributed by atoms with Crippen molar-refractivity contribution in [2.45, 2.75) is 4.90 Å². The first-order chi connectivity index (χ1) is 9.20. The molecule has 0 fully saturated rings. The van der Waals surface area contributed by atoms with Gasteiger partial charge in [-0.15, -0.1) is 11.8 Å². The van der Waals surface area contributed by atoms with Crippen molar-refractivity contribution in [2.24, 2.45) is 0 Å². The summed E-state index contributed by atoms with van der Waals surface area (Å²) in [5, 5.41) is 1.01. The van der Waals surface area contributed by atoms with E-state index in [1.165, 1.54) is 0 Å². The van der Waals surface area contributed by atoms with Gasteiger partial charge in [-0.1, -0.05) is 41.4 Å². The Bertz CT molecular complexity index is 611. The Hall–Kier alpha value is -0.965. The number of halogens is 2. The van der Waals surface area contributed by atoms with Crippen LogP contribution in [0.15, 0.2) is 41.3 Å². The molecule has 0 bridgehead atoms. The van der Waals surface area contributed by atoms with Crippen molar-refractivity contribution in [3.63, 3.8) is 0 Å². The van der Waals surface area contributed by atoms with Crippen LogP contribution in [0.5, 0.6) is 11.5 Å². The van der Waals surface area contributed by atoms with Gasteiger partial charge >= 0.3 is 7.12 Å². The Balaban J connectivity index is 1.96. The van der Waals surface area contributed by atoms with Crippen molar-refractivity contribution in [1.29, 1.82) is 0 Å². The number of benzene rings is 2. The second-order valence-corrected chi connectivity index (χ2v) is 5.60. The molecule has 0 amide bonds. The van der Waals surface area contributed by atoms with Gasteiger partial charge in [-0.3, -0.25) is 0 Å². The van der Waals surface area contributed by atoms with E-state index in [2.05, 4.69) is 0 Å². The van der Waals surface area contributed by atoms with Gasteiger partial charge in [0.05, 0.1) is 10.0 Å². The molecule has 96 valence electrons. The summed E-state index contributed by atoms with van der Waals surface area (Å²) in [6.45, 7) is 0. The van der Waals surface area contributed by atoms with Crippen molar-refractivity contribution in [3.8, 4) is 11.5 Å². The van der Waals surface area contributed by atoms with Crippen LogP contribution in [0.3, 0.4) is 0 Å². The third-order valence-corrected chi connectivity index (χ3v) is 4.66. The zero-order valence-electron chi connectivity index (χ0n) is 10.0. The summed E-state index contributed by atoms with van der Waals surface area (Å²) in [5.41, 5.74) is 0.737. The highest BCUT2D eigenvalue weighted by Crippen LogP contribution is 2.35. The smallest absolute Gasteiger partial charge is 0.519 e. The lowest BCUT2D eigenvalue weighted by atomic mass is 9.79. The largest absolute Gasteiger partial charge is 0.634 e. The lowest BCUT2D eigenvalue weighted by molar-refractivity contribution is 0.519. The molecule has 2 nitrogen and oxygen atoms in total. The van der Waals surface area contributed by atoms with E-state index >= 15 is 0 Å². The van der Waals surface area contributed by atoms with Crippen molar-refractivity contribution in [2.75, 3.05) is 6.26 Å². The van der Waals surface area contributed by atoms with E-state index in [4.69, 9.17) is 32.5 Å². The quantitative estimate of drug-likeness (QED) is 0.619. The van der Waals surface area contributed by atoms with Crippen LogP contribution in [0.4, 0.5) is 0 Å². The molecular formula is C13H9BCl2O2S. The highest BCUT2D eigenvalue weighted by molar-refractivity contribution is 7.98. The van der Waals surface area contributed by atoms with E-state index < -0.39 is 7.12 Å². The topological polar surface area (TPSA) is 18.5 Å². The molecule has 0 atom stereocenters. The number of hydrogen-bond donors (Lipinski definition) is 0. The molecule has 0 radical (unpaired) electrons. The zero-order valence-corrected chi connectivity index (χ0v) is 12.4. The molecule has 0 spiro atoms. The predicted molar refractivity (Wildman–Crippen MR) is 81.3 cm³/mol. The third kappa shape index (κ3) is 2.29.